The fraction of sp³-hybridized carbons (Fsp3) is 0.0333. The van der Waals surface area contributed by atoms with Crippen LogP contribution in [0.2, 0.25) is 5.02 Å². The lowest BCUT2D eigenvalue weighted by atomic mass is 10.1. The van der Waals surface area contributed by atoms with Crippen LogP contribution in [0, 0.1) is 0 Å². The Labute approximate surface area is 248 Å². The first-order chi connectivity index (χ1) is 19.8. The molecule has 0 bridgehead atoms. The van der Waals surface area contributed by atoms with Gasteiger partial charge in [0, 0.05) is 18.2 Å². The molecule has 6 rings (SSSR count). The van der Waals surface area contributed by atoms with E-state index in [0.29, 0.717) is 38.5 Å². The predicted molar refractivity (Wildman–Crippen MR) is 168 cm³/mol. The van der Waals surface area contributed by atoms with Gasteiger partial charge in [-0.2, -0.15) is 10.2 Å². The normalized spacial score (nSPS) is 13.5. The summed E-state index contributed by atoms with van der Waals surface area (Å²) in [7, 11) is -2.18. The molecule has 1 aliphatic rings. The molecule has 0 aliphatic carbocycles. The number of para-hydroxylation sites is 1. The van der Waals surface area contributed by atoms with Crippen molar-refractivity contribution in [2.45, 2.75) is 4.90 Å². The number of thiocarbonyl (C=S) groups is 1. The van der Waals surface area contributed by atoms with Crippen LogP contribution >= 0.6 is 23.8 Å². The fourth-order valence-corrected chi connectivity index (χ4v) is 6.41. The first-order valence-electron chi connectivity index (χ1n) is 12.6. The van der Waals surface area contributed by atoms with Gasteiger partial charge in [-0.3, -0.25) is 9.73 Å². The van der Waals surface area contributed by atoms with Crippen molar-refractivity contribution in [2.24, 2.45) is 5.10 Å². The molecule has 0 amide bonds. The highest BCUT2D eigenvalue weighted by atomic mass is 35.5. The van der Waals surface area contributed by atoms with E-state index in [0.717, 1.165) is 16.8 Å². The van der Waals surface area contributed by atoms with Crippen molar-refractivity contribution in [3.05, 3.63) is 114 Å². The van der Waals surface area contributed by atoms with Gasteiger partial charge in [0.05, 0.1) is 33.2 Å². The van der Waals surface area contributed by atoms with E-state index >= 15 is 0 Å². The molecule has 2 N–H and O–H groups in total. The second-order valence-corrected chi connectivity index (χ2v) is 11.9. The van der Waals surface area contributed by atoms with Crippen molar-refractivity contribution >= 4 is 56.5 Å². The van der Waals surface area contributed by atoms with Crippen molar-refractivity contribution < 1.29 is 8.42 Å². The summed E-state index contributed by atoms with van der Waals surface area (Å²) in [5.74, 6) is 0. The minimum absolute atomic E-state index is 0.236. The van der Waals surface area contributed by atoms with Crippen LogP contribution in [0.3, 0.4) is 0 Å². The highest BCUT2D eigenvalue weighted by Gasteiger charge is 2.38. The Balaban J connectivity index is 1.33. The molecule has 1 aliphatic heterocycles. The highest BCUT2D eigenvalue weighted by Crippen LogP contribution is 2.47. The molecule has 1 aromatic heterocycles. The molecule has 41 heavy (non-hydrogen) atoms. The van der Waals surface area contributed by atoms with Gasteiger partial charge in [0.15, 0.2) is 5.11 Å². The van der Waals surface area contributed by atoms with E-state index in [2.05, 4.69) is 15.8 Å². The van der Waals surface area contributed by atoms with E-state index in [-0.39, 0.29) is 4.90 Å². The van der Waals surface area contributed by atoms with Gasteiger partial charge in [-0.15, -0.1) is 0 Å². The van der Waals surface area contributed by atoms with Crippen LogP contribution in [0.5, 0.6) is 0 Å². The summed E-state index contributed by atoms with van der Waals surface area (Å²) in [5.41, 5.74) is 8.30. The first kappa shape index (κ1) is 26.7. The quantitative estimate of drug-likeness (QED) is 0.140. The maximum atomic E-state index is 13.5. The third-order valence-corrected chi connectivity index (χ3v) is 8.98. The van der Waals surface area contributed by atoms with Crippen molar-refractivity contribution in [1.29, 1.82) is 0 Å². The Morgan fingerprint density at radius 2 is 1.61 bits per heavy atom. The van der Waals surface area contributed by atoms with Gasteiger partial charge in [-0.25, -0.2) is 13.1 Å². The van der Waals surface area contributed by atoms with Gasteiger partial charge < -0.3 is 5.32 Å². The third-order valence-electron chi connectivity index (χ3n) is 6.64. The number of benzene rings is 4. The predicted octanol–water partition coefficient (Wildman–Crippen LogP) is 6.32. The van der Waals surface area contributed by atoms with Crippen molar-refractivity contribution in [2.75, 3.05) is 16.7 Å². The zero-order valence-corrected chi connectivity index (χ0v) is 24.1. The summed E-state index contributed by atoms with van der Waals surface area (Å²) in [6.45, 7) is 0. The summed E-state index contributed by atoms with van der Waals surface area (Å²) in [4.78, 5) is 0.236. The molecule has 2 heterocycles. The summed E-state index contributed by atoms with van der Waals surface area (Å²) in [6.07, 6.45) is 1.65. The molecular formula is C30H23ClN6O2S2. The smallest absolute Gasteiger partial charge is 0.264 e. The van der Waals surface area contributed by atoms with E-state index in [4.69, 9.17) is 28.9 Å². The molecule has 204 valence electrons. The molecule has 0 atom stereocenters. The number of hydrogen-bond donors (Lipinski definition) is 2. The van der Waals surface area contributed by atoms with Gasteiger partial charge in [0.1, 0.15) is 11.4 Å². The Hall–Kier alpha value is -4.51. The number of rotatable bonds is 5. The van der Waals surface area contributed by atoms with Crippen molar-refractivity contribution in [1.82, 2.24) is 15.2 Å². The molecule has 0 saturated heterocycles. The van der Waals surface area contributed by atoms with Gasteiger partial charge in [0.2, 0.25) is 0 Å². The van der Waals surface area contributed by atoms with Crippen LogP contribution in [0.4, 0.5) is 11.4 Å². The zero-order chi connectivity index (χ0) is 28.6. The van der Waals surface area contributed by atoms with E-state index in [1.165, 1.54) is 4.31 Å². The van der Waals surface area contributed by atoms with E-state index in [1.807, 2.05) is 78.9 Å². The Kier molecular flexibility index (Phi) is 7.04. The van der Waals surface area contributed by atoms with E-state index in [9.17, 15) is 8.42 Å². The minimum atomic E-state index is -3.75. The number of halogens is 1. The largest absolute Gasteiger partial charge is 0.330 e. The molecule has 0 spiro atoms. The molecule has 0 unspecified atom stereocenters. The monoisotopic (exact) mass is 598 g/mol. The lowest BCUT2D eigenvalue weighted by molar-refractivity contribution is 0.594. The third kappa shape index (κ3) is 4.97. The highest BCUT2D eigenvalue weighted by molar-refractivity contribution is 7.93. The van der Waals surface area contributed by atoms with Crippen LogP contribution in [0.1, 0.15) is 5.56 Å². The van der Waals surface area contributed by atoms with E-state index in [1.54, 1.807) is 42.2 Å². The molecule has 8 nitrogen and oxygen atoms in total. The molecular weight excluding hydrogens is 576 g/mol. The fourth-order valence-electron chi connectivity index (χ4n) is 4.67. The number of anilines is 2. The second-order valence-electron chi connectivity index (χ2n) is 9.19. The summed E-state index contributed by atoms with van der Waals surface area (Å²) in [5, 5.41) is 13.0. The van der Waals surface area contributed by atoms with Crippen LogP contribution in [0.15, 0.2) is 113 Å². The maximum absolute atomic E-state index is 13.5. The summed E-state index contributed by atoms with van der Waals surface area (Å²) in [6, 6.07) is 31.5. The average Bonchev–Trinajstić information content (AvgIpc) is 3.39. The number of aromatic nitrogens is 2. The topological polar surface area (TPSA) is 91.6 Å². The Morgan fingerprint density at radius 1 is 0.927 bits per heavy atom. The van der Waals surface area contributed by atoms with Gasteiger partial charge in [-0.1, -0.05) is 84.4 Å². The molecule has 0 radical (unpaired) electrons. The molecule has 4 aromatic carbocycles. The Morgan fingerprint density at radius 3 is 2.37 bits per heavy atom. The van der Waals surface area contributed by atoms with Crippen LogP contribution in [-0.2, 0) is 10.0 Å². The minimum Gasteiger partial charge on any atom is -0.330 e. The molecule has 11 heteroatoms. The number of hydrazone groups is 1. The molecule has 5 aromatic rings. The summed E-state index contributed by atoms with van der Waals surface area (Å²) < 4.78 is 30.0. The van der Waals surface area contributed by atoms with Crippen molar-refractivity contribution in [3.8, 4) is 28.2 Å². The first-order valence-corrected chi connectivity index (χ1v) is 14.8. The number of hydrogen-bond acceptors (Lipinski definition) is 5. The second kappa shape index (κ2) is 10.8. The Bertz CT molecular complexity index is 1910. The van der Waals surface area contributed by atoms with Gasteiger partial charge in [0.25, 0.3) is 10.0 Å². The lowest BCUT2D eigenvalue weighted by Gasteiger charge is -2.26. The summed E-state index contributed by atoms with van der Waals surface area (Å²) >= 11 is 11.5. The van der Waals surface area contributed by atoms with Gasteiger partial charge in [-0.05, 0) is 48.1 Å². The lowest BCUT2D eigenvalue weighted by Crippen LogP contribution is -2.30. The standard InChI is InChI=1S/C30H23ClN6O2S2/c1-36-29-27(23-11-5-8-14-26(23)41(36,38)39)35-37(28(29)21-9-3-2-4-10-21)22-17-15-20(16-18-22)19-32-34-30(40)33-25-13-7-6-12-24(25)31/h2-19H,1H3,(H2,33,34,40)/b32-19+. The van der Waals surface area contributed by atoms with E-state index < -0.39 is 10.0 Å². The number of sulfonamides is 1. The zero-order valence-electron chi connectivity index (χ0n) is 21.7. The number of nitrogens with one attached hydrogen (secondary N) is 2. The van der Waals surface area contributed by atoms with Crippen LogP contribution in [-0.4, -0.2) is 36.6 Å². The molecule has 0 fully saturated rings. The SMILES string of the molecule is CN1c2c(nn(-c3ccc(/C=N/NC(=S)Nc4ccccc4Cl)cc3)c2-c2ccccc2)-c2ccccc2S1(=O)=O. The van der Waals surface area contributed by atoms with Crippen LogP contribution < -0.4 is 15.0 Å². The maximum Gasteiger partial charge on any atom is 0.264 e. The average molecular weight is 599 g/mol. The number of fused-ring (bicyclic) bond motifs is 3. The number of nitrogens with zero attached hydrogens (tertiary/aromatic N) is 4. The molecule has 0 saturated carbocycles. The van der Waals surface area contributed by atoms with Gasteiger partial charge >= 0.3 is 0 Å². The van der Waals surface area contributed by atoms with Crippen molar-refractivity contribution in [3.63, 3.8) is 0 Å². The van der Waals surface area contributed by atoms with Crippen LogP contribution in [0.25, 0.3) is 28.2 Å².